The summed E-state index contributed by atoms with van der Waals surface area (Å²) in [5.74, 6) is 1.47. The molecule has 2 aliphatic carbocycles. The van der Waals surface area contributed by atoms with Gasteiger partial charge in [-0.25, -0.2) is 0 Å². The molecular formula is C16H28O2. The van der Waals surface area contributed by atoms with Gasteiger partial charge < -0.3 is 4.74 Å². The van der Waals surface area contributed by atoms with Crippen LogP contribution in [0.25, 0.3) is 0 Å². The van der Waals surface area contributed by atoms with Gasteiger partial charge in [-0.1, -0.05) is 32.6 Å². The minimum Gasteiger partial charge on any atom is -0.370 e. The fraction of sp³-hybridized carbons (Fsp3) is 0.938. The van der Waals surface area contributed by atoms with Crippen molar-refractivity contribution in [1.29, 1.82) is 0 Å². The van der Waals surface area contributed by atoms with Crippen LogP contribution in [0.15, 0.2) is 0 Å². The van der Waals surface area contributed by atoms with E-state index in [2.05, 4.69) is 6.92 Å². The van der Waals surface area contributed by atoms with Crippen LogP contribution in [0, 0.1) is 11.8 Å². The number of rotatable bonds is 3. The van der Waals surface area contributed by atoms with E-state index in [1.807, 2.05) is 0 Å². The van der Waals surface area contributed by atoms with Gasteiger partial charge in [0.2, 0.25) is 0 Å². The second-order valence-corrected chi connectivity index (χ2v) is 6.43. The highest BCUT2D eigenvalue weighted by Crippen LogP contribution is 2.39. The molecule has 2 nitrogen and oxygen atoms in total. The number of ketones is 1. The number of Topliss-reactive ketones (excluding diaryl/α,β-unsaturated/α-hetero) is 1. The molecular weight excluding hydrogens is 224 g/mol. The summed E-state index contributed by atoms with van der Waals surface area (Å²) in [6, 6.07) is 0. The highest BCUT2D eigenvalue weighted by molar-refractivity contribution is 5.89. The Morgan fingerprint density at radius 2 is 1.56 bits per heavy atom. The van der Waals surface area contributed by atoms with Crippen LogP contribution < -0.4 is 0 Å². The summed E-state index contributed by atoms with van der Waals surface area (Å²) < 4.78 is 5.73. The van der Waals surface area contributed by atoms with Gasteiger partial charge >= 0.3 is 0 Å². The van der Waals surface area contributed by atoms with Gasteiger partial charge in [0.1, 0.15) is 5.60 Å². The number of hydrogen-bond acceptors (Lipinski definition) is 2. The van der Waals surface area contributed by atoms with E-state index >= 15 is 0 Å². The summed E-state index contributed by atoms with van der Waals surface area (Å²) in [4.78, 5) is 12.8. The van der Waals surface area contributed by atoms with Gasteiger partial charge in [0.15, 0.2) is 5.78 Å². The number of carbonyl (C=O) groups is 1. The molecule has 2 aliphatic rings. The predicted molar refractivity (Wildman–Crippen MR) is 73.6 cm³/mol. The van der Waals surface area contributed by atoms with Crippen LogP contribution in [0.1, 0.15) is 71.1 Å². The standard InChI is InChI=1S/C16H28O2/c1-13-9-11-16(18-2,12-10-13)15(17)14-7-5-3-4-6-8-14/h13-14H,3-12H2,1-2H3. The third kappa shape index (κ3) is 2.96. The van der Waals surface area contributed by atoms with Crippen molar-refractivity contribution < 1.29 is 9.53 Å². The monoisotopic (exact) mass is 252 g/mol. The lowest BCUT2D eigenvalue weighted by molar-refractivity contribution is -0.151. The van der Waals surface area contributed by atoms with Gasteiger partial charge in [0.05, 0.1) is 0 Å². The Morgan fingerprint density at radius 1 is 1.00 bits per heavy atom. The first kappa shape index (κ1) is 14.0. The fourth-order valence-electron chi connectivity index (χ4n) is 3.69. The molecule has 104 valence electrons. The Balaban J connectivity index is 2.04. The predicted octanol–water partition coefficient (Wildman–Crippen LogP) is 4.12. The van der Waals surface area contributed by atoms with Gasteiger partial charge in [-0.2, -0.15) is 0 Å². The maximum atomic E-state index is 12.8. The van der Waals surface area contributed by atoms with Crippen molar-refractivity contribution >= 4 is 5.78 Å². The van der Waals surface area contributed by atoms with Crippen LogP contribution in [0.5, 0.6) is 0 Å². The molecule has 0 aromatic carbocycles. The second-order valence-electron chi connectivity index (χ2n) is 6.43. The van der Waals surface area contributed by atoms with Gasteiger partial charge in [-0.15, -0.1) is 0 Å². The number of hydrogen-bond donors (Lipinski definition) is 0. The topological polar surface area (TPSA) is 26.3 Å². The first-order valence-corrected chi connectivity index (χ1v) is 7.77. The molecule has 0 amide bonds. The molecule has 0 unspecified atom stereocenters. The first-order chi connectivity index (χ1) is 8.68. The van der Waals surface area contributed by atoms with Crippen molar-refractivity contribution in [2.45, 2.75) is 76.7 Å². The van der Waals surface area contributed by atoms with Gasteiger partial charge in [-0.05, 0) is 44.4 Å². The molecule has 0 spiro atoms. The minimum absolute atomic E-state index is 0.279. The number of methoxy groups -OCH3 is 1. The molecule has 2 rings (SSSR count). The largest absolute Gasteiger partial charge is 0.370 e. The zero-order valence-electron chi connectivity index (χ0n) is 12.0. The average Bonchev–Trinajstić information content (AvgIpc) is 2.68. The van der Waals surface area contributed by atoms with Crippen LogP contribution >= 0.6 is 0 Å². The Hall–Kier alpha value is -0.370. The van der Waals surface area contributed by atoms with Crippen LogP contribution in [0.2, 0.25) is 0 Å². The minimum atomic E-state index is -0.429. The zero-order valence-corrected chi connectivity index (χ0v) is 12.0. The molecule has 2 heteroatoms. The summed E-state index contributed by atoms with van der Waals surface area (Å²) >= 11 is 0. The maximum absolute atomic E-state index is 12.8. The number of ether oxygens (including phenoxy) is 1. The summed E-state index contributed by atoms with van der Waals surface area (Å²) in [7, 11) is 1.74. The average molecular weight is 252 g/mol. The summed E-state index contributed by atoms with van der Waals surface area (Å²) in [5, 5.41) is 0. The molecule has 0 bridgehead atoms. The van der Waals surface area contributed by atoms with Crippen LogP contribution in [-0.2, 0) is 9.53 Å². The molecule has 0 saturated heterocycles. The van der Waals surface area contributed by atoms with Gasteiger partial charge in [0, 0.05) is 13.0 Å². The van der Waals surface area contributed by atoms with Gasteiger partial charge in [0.25, 0.3) is 0 Å². The molecule has 18 heavy (non-hydrogen) atoms. The third-order valence-electron chi connectivity index (χ3n) is 5.15. The van der Waals surface area contributed by atoms with Crippen molar-refractivity contribution in [3.63, 3.8) is 0 Å². The molecule has 0 atom stereocenters. The number of carbonyl (C=O) groups excluding carboxylic acids is 1. The molecule has 0 N–H and O–H groups in total. The lowest BCUT2D eigenvalue weighted by Crippen LogP contribution is -2.47. The summed E-state index contributed by atoms with van der Waals surface area (Å²) in [6.07, 6.45) is 11.4. The normalized spacial score (nSPS) is 35.1. The maximum Gasteiger partial charge on any atom is 0.167 e. The lowest BCUT2D eigenvalue weighted by Gasteiger charge is -2.39. The Labute approximate surface area is 111 Å². The van der Waals surface area contributed by atoms with E-state index in [1.54, 1.807) is 7.11 Å². The molecule has 2 fully saturated rings. The van der Waals surface area contributed by atoms with Crippen LogP contribution in [0.4, 0.5) is 0 Å². The summed E-state index contributed by atoms with van der Waals surface area (Å²) in [5.41, 5.74) is -0.429. The lowest BCUT2D eigenvalue weighted by atomic mass is 9.73. The molecule has 0 aliphatic heterocycles. The SMILES string of the molecule is COC1(C(=O)C2CCCCCC2)CCC(C)CC1. The van der Waals surface area contributed by atoms with Crippen molar-refractivity contribution in [2.75, 3.05) is 7.11 Å². The van der Waals surface area contributed by atoms with Crippen molar-refractivity contribution in [3.8, 4) is 0 Å². The Morgan fingerprint density at radius 3 is 2.06 bits per heavy atom. The van der Waals surface area contributed by atoms with Crippen LogP contribution in [0.3, 0.4) is 0 Å². The molecule has 0 heterocycles. The fourth-order valence-corrected chi connectivity index (χ4v) is 3.69. The van der Waals surface area contributed by atoms with Crippen molar-refractivity contribution in [3.05, 3.63) is 0 Å². The molecule has 0 aromatic rings. The van der Waals surface area contributed by atoms with E-state index in [0.29, 0.717) is 5.78 Å². The highest BCUT2D eigenvalue weighted by atomic mass is 16.5. The first-order valence-electron chi connectivity index (χ1n) is 7.77. The third-order valence-corrected chi connectivity index (χ3v) is 5.15. The van der Waals surface area contributed by atoms with Crippen molar-refractivity contribution in [2.24, 2.45) is 11.8 Å². The summed E-state index contributed by atoms with van der Waals surface area (Å²) in [6.45, 7) is 2.29. The zero-order chi connectivity index (χ0) is 13.0. The highest BCUT2D eigenvalue weighted by Gasteiger charge is 2.43. The van der Waals surface area contributed by atoms with E-state index in [-0.39, 0.29) is 5.92 Å². The Kier molecular flexibility index (Phi) is 4.83. The van der Waals surface area contributed by atoms with E-state index in [1.165, 1.54) is 25.7 Å². The van der Waals surface area contributed by atoms with E-state index < -0.39 is 5.60 Å². The van der Waals surface area contributed by atoms with E-state index in [0.717, 1.165) is 44.4 Å². The van der Waals surface area contributed by atoms with Crippen LogP contribution in [-0.4, -0.2) is 18.5 Å². The second kappa shape index (κ2) is 6.18. The van der Waals surface area contributed by atoms with Gasteiger partial charge in [-0.3, -0.25) is 4.79 Å². The van der Waals surface area contributed by atoms with E-state index in [4.69, 9.17) is 4.74 Å². The van der Waals surface area contributed by atoms with Crippen molar-refractivity contribution in [1.82, 2.24) is 0 Å². The Bertz CT molecular complexity index is 269. The smallest absolute Gasteiger partial charge is 0.167 e. The quantitative estimate of drug-likeness (QED) is 0.706. The van der Waals surface area contributed by atoms with E-state index in [9.17, 15) is 4.79 Å². The molecule has 0 aromatic heterocycles. The molecule has 0 radical (unpaired) electrons. The molecule has 2 saturated carbocycles.